The van der Waals surface area contributed by atoms with Crippen molar-refractivity contribution in [1.29, 1.82) is 0 Å². The van der Waals surface area contributed by atoms with E-state index in [-0.39, 0.29) is 24.8 Å². The first-order valence-electron chi connectivity index (χ1n) is 8.72. The van der Waals surface area contributed by atoms with Crippen molar-refractivity contribution in [3.05, 3.63) is 52.0 Å². The largest absolute Gasteiger partial charge is 0.405 e. The van der Waals surface area contributed by atoms with Gasteiger partial charge >= 0.3 is 6.18 Å². The lowest BCUT2D eigenvalue weighted by Crippen LogP contribution is -2.57. The summed E-state index contributed by atoms with van der Waals surface area (Å²) < 4.78 is 40.1. The molecule has 29 heavy (non-hydrogen) atoms. The molecule has 1 aromatic carbocycles. The minimum atomic E-state index is -4.39. The first-order valence-corrected chi connectivity index (χ1v) is 9.53. The molecule has 2 N–H and O–H groups in total. The third kappa shape index (κ3) is 7.42. The topological polar surface area (TPSA) is 57.3 Å². The minimum Gasteiger partial charge on any atom is -0.349 e. The Labute approximate surface area is 183 Å². The van der Waals surface area contributed by atoms with Crippen LogP contribution in [0, 0.1) is 0 Å². The van der Waals surface area contributed by atoms with E-state index >= 15 is 0 Å². The number of benzene rings is 1. The van der Waals surface area contributed by atoms with E-state index in [0.717, 1.165) is 10.6 Å². The van der Waals surface area contributed by atoms with Gasteiger partial charge in [0.2, 0.25) is 0 Å². The number of alkyl halides is 3. The fourth-order valence-corrected chi connectivity index (χ4v) is 3.86. The van der Waals surface area contributed by atoms with E-state index in [0.29, 0.717) is 37.5 Å². The normalized spacial score (nSPS) is 15.7. The molecule has 1 saturated heterocycles. The molecule has 2 aromatic rings. The third-order valence-electron chi connectivity index (χ3n) is 4.40. The molecule has 0 saturated carbocycles. The highest BCUT2D eigenvalue weighted by atomic mass is 35.5. The van der Waals surface area contributed by atoms with Crippen LogP contribution in [0.1, 0.15) is 20.2 Å². The molecule has 1 aromatic heterocycles. The van der Waals surface area contributed by atoms with Crippen molar-refractivity contribution in [1.82, 2.24) is 20.5 Å². The van der Waals surface area contributed by atoms with Gasteiger partial charge in [-0.3, -0.25) is 9.69 Å². The Hall–Kier alpha value is -1.39. The second-order valence-corrected chi connectivity index (χ2v) is 7.45. The number of hydrogen-bond donors (Lipinski definition) is 2. The first kappa shape index (κ1) is 25.6. The summed E-state index contributed by atoms with van der Waals surface area (Å²) in [6, 6.07) is 8.00. The van der Waals surface area contributed by atoms with Crippen LogP contribution in [0.4, 0.5) is 13.2 Å². The molecule has 0 bridgehead atoms. The number of halogens is 5. The number of carbonyl (C=O) groups excluding carboxylic acids is 1. The second-order valence-electron chi connectivity index (χ2n) is 6.33. The fraction of sp³-hybridized carbons (Fsp3) is 0.444. The maximum Gasteiger partial charge on any atom is 0.405 e. The van der Waals surface area contributed by atoms with Crippen LogP contribution in [-0.2, 0) is 6.42 Å². The summed E-state index contributed by atoms with van der Waals surface area (Å²) in [6.07, 6.45) is -2.38. The number of nitrogens with one attached hydrogen (secondary N) is 2. The maximum absolute atomic E-state index is 13.4. The predicted octanol–water partition coefficient (Wildman–Crippen LogP) is 3.14. The molecule has 1 atom stereocenters. The zero-order valence-electron chi connectivity index (χ0n) is 15.4. The highest BCUT2D eigenvalue weighted by molar-refractivity contribution is 7.13. The molecule has 1 unspecified atom stereocenters. The minimum absolute atomic E-state index is 0. The first-order chi connectivity index (χ1) is 12.9. The molecule has 0 radical (unpaired) electrons. The Kier molecular flexibility index (Phi) is 10.4. The fourth-order valence-electron chi connectivity index (χ4n) is 2.99. The maximum atomic E-state index is 13.4. The summed E-state index contributed by atoms with van der Waals surface area (Å²) in [5.41, 5.74) is 1.06. The number of thiazole rings is 1. The number of aromatic nitrogens is 1. The van der Waals surface area contributed by atoms with Crippen LogP contribution < -0.4 is 10.6 Å². The Bertz CT molecular complexity index is 755. The van der Waals surface area contributed by atoms with Crippen molar-refractivity contribution in [2.45, 2.75) is 18.6 Å². The highest BCUT2D eigenvalue weighted by Gasteiger charge is 2.43. The summed E-state index contributed by atoms with van der Waals surface area (Å²) in [5.74, 6) is -0.517. The molecule has 5 nitrogen and oxygen atoms in total. The van der Waals surface area contributed by atoms with Crippen LogP contribution in [0.3, 0.4) is 0 Å². The molecule has 1 aliphatic rings. The van der Waals surface area contributed by atoms with Crippen molar-refractivity contribution >= 4 is 42.1 Å². The van der Waals surface area contributed by atoms with E-state index in [1.54, 1.807) is 0 Å². The predicted molar refractivity (Wildman–Crippen MR) is 112 cm³/mol. The lowest BCUT2D eigenvalue weighted by atomic mass is 10.2. The monoisotopic (exact) mass is 470 g/mol. The van der Waals surface area contributed by atoms with Crippen molar-refractivity contribution in [3.63, 3.8) is 0 Å². The Morgan fingerprint density at radius 1 is 1.21 bits per heavy atom. The SMILES string of the molecule is Cl.Cl.O=C(NCC(N1CCNCC1)C(F)(F)F)c1cnc(Cc2ccccc2)s1. The van der Waals surface area contributed by atoms with Gasteiger partial charge in [0, 0.05) is 39.1 Å². The van der Waals surface area contributed by atoms with Gasteiger partial charge in [-0.15, -0.1) is 36.2 Å². The van der Waals surface area contributed by atoms with Crippen LogP contribution >= 0.6 is 36.2 Å². The quantitative estimate of drug-likeness (QED) is 0.680. The number of rotatable bonds is 6. The Balaban J connectivity index is 0.00000210. The van der Waals surface area contributed by atoms with Gasteiger partial charge < -0.3 is 10.6 Å². The van der Waals surface area contributed by atoms with Crippen molar-refractivity contribution in [2.75, 3.05) is 32.7 Å². The van der Waals surface area contributed by atoms with Crippen LogP contribution in [0.15, 0.2) is 36.5 Å². The second kappa shape index (κ2) is 11.7. The van der Waals surface area contributed by atoms with Gasteiger partial charge in [-0.25, -0.2) is 4.98 Å². The van der Waals surface area contributed by atoms with E-state index in [1.165, 1.54) is 22.4 Å². The molecule has 1 fully saturated rings. The van der Waals surface area contributed by atoms with E-state index < -0.39 is 24.7 Å². The molecule has 162 valence electrons. The molecule has 1 amide bonds. The van der Waals surface area contributed by atoms with Crippen LogP contribution in [0.2, 0.25) is 0 Å². The lowest BCUT2D eigenvalue weighted by molar-refractivity contribution is -0.183. The summed E-state index contributed by atoms with van der Waals surface area (Å²) in [5, 5.41) is 6.21. The van der Waals surface area contributed by atoms with Gasteiger partial charge in [-0.2, -0.15) is 13.2 Å². The van der Waals surface area contributed by atoms with Gasteiger partial charge in [0.25, 0.3) is 5.91 Å². The van der Waals surface area contributed by atoms with Crippen LogP contribution in [0.5, 0.6) is 0 Å². The Morgan fingerprint density at radius 2 is 1.86 bits per heavy atom. The van der Waals surface area contributed by atoms with Crippen LogP contribution in [0.25, 0.3) is 0 Å². The summed E-state index contributed by atoms with van der Waals surface area (Å²) in [7, 11) is 0. The molecule has 11 heteroatoms. The number of piperazine rings is 1. The zero-order chi connectivity index (χ0) is 19.3. The van der Waals surface area contributed by atoms with Crippen molar-refractivity contribution in [2.24, 2.45) is 0 Å². The number of amides is 1. The van der Waals surface area contributed by atoms with Gasteiger partial charge in [-0.1, -0.05) is 30.3 Å². The molecule has 2 heterocycles. The van der Waals surface area contributed by atoms with E-state index in [1.807, 2.05) is 30.3 Å². The Morgan fingerprint density at radius 3 is 2.48 bits per heavy atom. The molecule has 3 rings (SSSR count). The molecular formula is C18H23Cl2F3N4OS. The number of hydrogen-bond acceptors (Lipinski definition) is 5. The lowest BCUT2D eigenvalue weighted by Gasteiger charge is -2.35. The average Bonchev–Trinajstić information content (AvgIpc) is 3.11. The van der Waals surface area contributed by atoms with E-state index in [4.69, 9.17) is 0 Å². The van der Waals surface area contributed by atoms with Gasteiger partial charge in [0.05, 0.1) is 11.2 Å². The molecular weight excluding hydrogens is 448 g/mol. The molecule has 0 spiro atoms. The summed E-state index contributed by atoms with van der Waals surface area (Å²) >= 11 is 1.20. The van der Waals surface area contributed by atoms with Gasteiger partial charge in [0.1, 0.15) is 10.9 Å². The highest BCUT2D eigenvalue weighted by Crippen LogP contribution is 2.25. The summed E-state index contributed by atoms with van der Waals surface area (Å²) in [4.78, 5) is 18.2. The third-order valence-corrected chi connectivity index (χ3v) is 5.40. The molecule has 1 aliphatic heterocycles. The zero-order valence-corrected chi connectivity index (χ0v) is 17.9. The number of carbonyl (C=O) groups is 1. The van der Waals surface area contributed by atoms with E-state index in [9.17, 15) is 18.0 Å². The van der Waals surface area contributed by atoms with Crippen molar-refractivity contribution < 1.29 is 18.0 Å². The molecule has 0 aliphatic carbocycles. The standard InChI is InChI=1S/C18H21F3N4OS.2ClH/c19-18(20,21)15(25-8-6-22-7-9-25)12-24-17(26)14-11-23-16(27-14)10-13-4-2-1-3-5-13;;/h1-5,11,15,22H,6-10,12H2,(H,24,26);2*1H. The number of nitrogens with zero attached hydrogens (tertiary/aromatic N) is 2. The van der Waals surface area contributed by atoms with Gasteiger partial charge in [-0.05, 0) is 5.56 Å². The average molecular weight is 471 g/mol. The smallest absolute Gasteiger partial charge is 0.349 e. The van der Waals surface area contributed by atoms with Crippen molar-refractivity contribution in [3.8, 4) is 0 Å². The van der Waals surface area contributed by atoms with E-state index in [2.05, 4.69) is 15.6 Å². The van der Waals surface area contributed by atoms with Crippen LogP contribution in [-0.4, -0.2) is 60.7 Å². The summed E-state index contributed by atoms with van der Waals surface area (Å²) in [6.45, 7) is 1.17. The van der Waals surface area contributed by atoms with Gasteiger partial charge in [0.15, 0.2) is 0 Å².